The van der Waals surface area contributed by atoms with Crippen molar-refractivity contribution in [2.24, 2.45) is 5.92 Å². The second-order valence-electron chi connectivity index (χ2n) is 7.38. The molecule has 1 saturated heterocycles. The molecule has 2 aliphatic rings. The van der Waals surface area contributed by atoms with Gasteiger partial charge in [0.15, 0.2) is 5.69 Å². The Bertz CT molecular complexity index is 760. The van der Waals surface area contributed by atoms with Crippen LogP contribution >= 0.6 is 0 Å². The van der Waals surface area contributed by atoms with E-state index in [1.165, 1.54) is 6.42 Å². The summed E-state index contributed by atoms with van der Waals surface area (Å²) in [6.45, 7) is 2.45. The van der Waals surface area contributed by atoms with Gasteiger partial charge in [-0.1, -0.05) is 5.21 Å². The van der Waals surface area contributed by atoms with Crippen molar-refractivity contribution in [2.45, 2.75) is 51.5 Å². The number of likely N-dealkylation sites (tertiary alicyclic amines) is 1. The predicted octanol–water partition coefficient (Wildman–Crippen LogP) is 0.967. The molecule has 1 aliphatic carbocycles. The van der Waals surface area contributed by atoms with Gasteiger partial charge in [-0.2, -0.15) is 5.10 Å². The lowest BCUT2D eigenvalue weighted by atomic mass is 9.94. The molecule has 0 aromatic carbocycles. The van der Waals surface area contributed by atoms with E-state index < -0.39 is 0 Å². The molecule has 8 heteroatoms. The first-order valence-electron chi connectivity index (χ1n) is 9.60. The van der Waals surface area contributed by atoms with Crippen molar-refractivity contribution in [1.29, 1.82) is 0 Å². The minimum atomic E-state index is 0.0776. The number of aliphatic hydroxyl groups is 1. The van der Waals surface area contributed by atoms with E-state index in [1.807, 2.05) is 15.8 Å². The summed E-state index contributed by atoms with van der Waals surface area (Å²) in [7, 11) is 0. The molecule has 2 aromatic heterocycles. The van der Waals surface area contributed by atoms with Crippen LogP contribution in [0.4, 0.5) is 0 Å². The van der Waals surface area contributed by atoms with Gasteiger partial charge in [0.2, 0.25) is 0 Å². The maximum absolute atomic E-state index is 12.9. The highest BCUT2D eigenvalue weighted by molar-refractivity contribution is 5.94. The molecule has 3 heterocycles. The smallest absolute Gasteiger partial charge is 0.274 e. The average molecular weight is 358 g/mol. The molecule has 2 N–H and O–H groups in total. The van der Waals surface area contributed by atoms with Gasteiger partial charge in [0, 0.05) is 50.1 Å². The summed E-state index contributed by atoms with van der Waals surface area (Å²) in [4.78, 5) is 14.8. The number of amides is 1. The van der Waals surface area contributed by atoms with Gasteiger partial charge in [-0.3, -0.25) is 14.6 Å². The van der Waals surface area contributed by atoms with E-state index in [1.54, 1.807) is 0 Å². The summed E-state index contributed by atoms with van der Waals surface area (Å²) in [5, 5.41) is 24.5. The summed E-state index contributed by atoms with van der Waals surface area (Å²) in [6, 6.07) is 0. The molecular formula is C18H26N6O2. The van der Waals surface area contributed by atoms with Gasteiger partial charge in [-0.05, 0) is 44.4 Å². The summed E-state index contributed by atoms with van der Waals surface area (Å²) < 4.78 is 1.86. The number of nitrogens with one attached hydrogen (secondary N) is 1. The molecule has 26 heavy (non-hydrogen) atoms. The Balaban J connectivity index is 1.33. The molecule has 0 bridgehead atoms. The topological polar surface area (TPSA) is 99.9 Å². The SMILES string of the molecule is O=C(c1n[nH]c2c1CCCC2)N1CCC(Cn2cc(CCO)nn2)CC1. The summed E-state index contributed by atoms with van der Waals surface area (Å²) in [5.74, 6) is 0.574. The van der Waals surface area contributed by atoms with E-state index in [0.717, 1.165) is 68.7 Å². The average Bonchev–Trinajstić information content (AvgIpc) is 3.29. The largest absolute Gasteiger partial charge is 0.396 e. The van der Waals surface area contributed by atoms with E-state index in [0.29, 0.717) is 18.0 Å². The molecule has 0 unspecified atom stereocenters. The second-order valence-corrected chi connectivity index (χ2v) is 7.38. The fraction of sp³-hybridized carbons (Fsp3) is 0.667. The van der Waals surface area contributed by atoms with Crippen LogP contribution in [0.5, 0.6) is 0 Å². The predicted molar refractivity (Wildman–Crippen MR) is 94.7 cm³/mol. The van der Waals surface area contributed by atoms with Gasteiger partial charge >= 0.3 is 0 Å². The number of hydrogen-bond acceptors (Lipinski definition) is 5. The standard InChI is InChI=1S/C18H26N6O2/c25-10-7-14-12-24(22-19-14)11-13-5-8-23(9-6-13)18(26)17-15-3-1-2-4-16(15)20-21-17/h12-13,25H,1-11H2,(H,20,21). The van der Waals surface area contributed by atoms with Crippen LogP contribution in [0.1, 0.15) is 53.1 Å². The lowest BCUT2D eigenvalue weighted by molar-refractivity contribution is 0.0673. The zero-order valence-electron chi connectivity index (χ0n) is 15.0. The third kappa shape index (κ3) is 3.51. The maximum atomic E-state index is 12.9. The molecular weight excluding hydrogens is 332 g/mol. The number of aromatic nitrogens is 5. The highest BCUT2D eigenvalue weighted by Gasteiger charge is 2.28. The summed E-state index contributed by atoms with van der Waals surface area (Å²) >= 11 is 0. The van der Waals surface area contributed by atoms with Crippen LogP contribution in [-0.2, 0) is 25.8 Å². The van der Waals surface area contributed by atoms with E-state index in [4.69, 9.17) is 5.11 Å². The van der Waals surface area contributed by atoms with Crippen LogP contribution in [0, 0.1) is 5.92 Å². The number of nitrogens with zero attached hydrogens (tertiary/aromatic N) is 5. The minimum Gasteiger partial charge on any atom is -0.396 e. The number of carbonyl (C=O) groups is 1. The van der Waals surface area contributed by atoms with Crippen molar-refractivity contribution in [1.82, 2.24) is 30.1 Å². The number of aryl methyl sites for hydroxylation is 1. The van der Waals surface area contributed by atoms with Gasteiger partial charge in [-0.25, -0.2) is 0 Å². The van der Waals surface area contributed by atoms with Crippen LogP contribution in [0.3, 0.4) is 0 Å². The molecule has 0 saturated carbocycles. The van der Waals surface area contributed by atoms with Crippen LogP contribution in [-0.4, -0.2) is 60.8 Å². The normalized spacial score (nSPS) is 18.1. The first-order valence-corrected chi connectivity index (χ1v) is 9.60. The van der Waals surface area contributed by atoms with Gasteiger partial charge in [0.25, 0.3) is 5.91 Å². The fourth-order valence-corrected chi connectivity index (χ4v) is 4.05. The highest BCUT2D eigenvalue weighted by Crippen LogP contribution is 2.25. The Labute approximate surface area is 152 Å². The van der Waals surface area contributed by atoms with Crippen molar-refractivity contribution in [2.75, 3.05) is 19.7 Å². The fourth-order valence-electron chi connectivity index (χ4n) is 4.05. The first kappa shape index (κ1) is 17.2. The van der Waals surface area contributed by atoms with E-state index in [-0.39, 0.29) is 12.5 Å². The number of aromatic amines is 1. The van der Waals surface area contributed by atoms with Crippen LogP contribution in [0.25, 0.3) is 0 Å². The molecule has 1 amide bonds. The molecule has 4 rings (SSSR count). The second kappa shape index (κ2) is 7.57. The Morgan fingerprint density at radius 3 is 2.88 bits per heavy atom. The first-order chi connectivity index (χ1) is 12.7. The molecule has 0 radical (unpaired) electrons. The molecule has 0 spiro atoms. The number of hydrogen-bond donors (Lipinski definition) is 2. The molecule has 8 nitrogen and oxygen atoms in total. The van der Waals surface area contributed by atoms with Gasteiger partial charge < -0.3 is 10.0 Å². The van der Waals surface area contributed by atoms with Gasteiger partial charge in [0.05, 0.1) is 5.69 Å². The van der Waals surface area contributed by atoms with Crippen LogP contribution in [0.2, 0.25) is 0 Å². The molecule has 140 valence electrons. The lowest BCUT2D eigenvalue weighted by Crippen LogP contribution is -2.40. The third-order valence-electron chi connectivity index (χ3n) is 5.56. The summed E-state index contributed by atoms with van der Waals surface area (Å²) in [6.07, 6.45) is 8.67. The van der Waals surface area contributed by atoms with Gasteiger partial charge in [0.1, 0.15) is 0 Å². The monoisotopic (exact) mass is 358 g/mol. The van der Waals surface area contributed by atoms with Gasteiger partial charge in [-0.15, -0.1) is 5.10 Å². The van der Waals surface area contributed by atoms with E-state index in [2.05, 4.69) is 20.5 Å². The lowest BCUT2D eigenvalue weighted by Gasteiger charge is -2.31. The molecule has 0 atom stereocenters. The number of H-pyrrole nitrogens is 1. The Morgan fingerprint density at radius 2 is 2.08 bits per heavy atom. The number of aliphatic hydroxyl groups excluding tert-OH is 1. The number of rotatable bonds is 5. The van der Waals surface area contributed by atoms with Crippen molar-refractivity contribution in [3.8, 4) is 0 Å². The number of carbonyl (C=O) groups excluding carboxylic acids is 1. The number of fused-ring (bicyclic) bond motifs is 1. The Morgan fingerprint density at radius 1 is 1.27 bits per heavy atom. The Hall–Kier alpha value is -2.22. The quantitative estimate of drug-likeness (QED) is 0.829. The number of piperidine rings is 1. The zero-order chi connectivity index (χ0) is 17.9. The molecule has 2 aromatic rings. The Kier molecular flexibility index (Phi) is 5.01. The third-order valence-corrected chi connectivity index (χ3v) is 5.56. The van der Waals surface area contributed by atoms with Crippen molar-refractivity contribution in [3.05, 3.63) is 28.8 Å². The van der Waals surface area contributed by atoms with Crippen molar-refractivity contribution in [3.63, 3.8) is 0 Å². The molecule has 1 fully saturated rings. The molecule has 1 aliphatic heterocycles. The van der Waals surface area contributed by atoms with Crippen molar-refractivity contribution >= 4 is 5.91 Å². The summed E-state index contributed by atoms with van der Waals surface area (Å²) in [5.41, 5.74) is 3.76. The van der Waals surface area contributed by atoms with E-state index in [9.17, 15) is 4.79 Å². The van der Waals surface area contributed by atoms with Crippen LogP contribution in [0.15, 0.2) is 6.20 Å². The minimum absolute atomic E-state index is 0.0776. The van der Waals surface area contributed by atoms with Crippen LogP contribution < -0.4 is 0 Å². The highest BCUT2D eigenvalue weighted by atomic mass is 16.3. The zero-order valence-corrected chi connectivity index (χ0v) is 15.0. The maximum Gasteiger partial charge on any atom is 0.274 e. The van der Waals surface area contributed by atoms with Crippen molar-refractivity contribution < 1.29 is 9.90 Å². The van der Waals surface area contributed by atoms with E-state index >= 15 is 0 Å².